The Morgan fingerprint density at radius 1 is 1.52 bits per heavy atom. The number of nitrogens with zero attached hydrogens (tertiary/aromatic N) is 2. The van der Waals surface area contributed by atoms with Crippen molar-refractivity contribution in [2.24, 2.45) is 0 Å². The van der Waals surface area contributed by atoms with Gasteiger partial charge < -0.3 is 15.0 Å². The van der Waals surface area contributed by atoms with Crippen LogP contribution in [-0.2, 0) is 11.3 Å². The van der Waals surface area contributed by atoms with Gasteiger partial charge in [-0.25, -0.2) is 9.37 Å². The average Bonchev–Trinajstić information content (AvgIpc) is 2.33. The zero-order valence-corrected chi connectivity index (χ0v) is 13.6. The Balaban J connectivity index is 2.25. The molecule has 0 aliphatic carbocycles. The average molecular weight is 295 g/mol. The van der Waals surface area contributed by atoms with Crippen LogP contribution in [0.2, 0.25) is 0 Å². The van der Waals surface area contributed by atoms with Crippen molar-refractivity contribution in [3.05, 3.63) is 23.6 Å². The molecule has 0 bridgehead atoms. The molecule has 0 radical (unpaired) electrons. The van der Waals surface area contributed by atoms with E-state index in [1.165, 1.54) is 6.20 Å². The Hall–Kier alpha value is -1.20. The molecule has 1 fully saturated rings. The van der Waals surface area contributed by atoms with Gasteiger partial charge in [-0.05, 0) is 26.8 Å². The number of rotatable bonds is 4. The number of ether oxygens (including phenoxy) is 1. The summed E-state index contributed by atoms with van der Waals surface area (Å²) in [5, 5.41) is 3.34. The van der Waals surface area contributed by atoms with Crippen molar-refractivity contribution in [1.82, 2.24) is 10.3 Å². The minimum atomic E-state index is -0.292. The molecule has 5 heteroatoms. The van der Waals surface area contributed by atoms with Gasteiger partial charge in [0.2, 0.25) is 0 Å². The minimum absolute atomic E-state index is 0.131. The first-order valence-corrected chi connectivity index (χ1v) is 7.57. The molecule has 1 aromatic rings. The van der Waals surface area contributed by atoms with Gasteiger partial charge in [-0.1, -0.05) is 13.8 Å². The van der Waals surface area contributed by atoms with Crippen LogP contribution in [-0.4, -0.2) is 35.8 Å². The van der Waals surface area contributed by atoms with E-state index in [0.29, 0.717) is 12.6 Å². The number of pyridine rings is 1. The lowest BCUT2D eigenvalue weighted by Gasteiger charge is -2.42. The second-order valence-corrected chi connectivity index (χ2v) is 6.74. The molecule has 0 saturated carbocycles. The Morgan fingerprint density at radius 2 is 2.24 bits per heavy atom. The summed E-state index contributed by atoms with van der Waals surface area (Å²) in [5.74, 6) is 0.563. The fourth-order valence-corrected chi connectivity index (χ4v) is 2.82. The van der Waals surface area contributed by atoms with Gasteiger partial charge in [-0.3, -0.25) is 0 Å². The van der Waals surface area contributed by atoms with E-state index in [1.807, 2.05) is 0 Å². The SMILES string of the molecule is CC(C)NCc1cc(F)cnc1N1CC(C)OC(C)(C)C1. The van der Waals surface area contributed by atoms with Crippen molar-refractivity contribution in [3.8, 4) is 0 Å². The molecule has 0 spiro atoms. The minimum Gasteiger partial charge on any atom is -0.369 e. The van der Waals surface area contributed by atoms with E-state index in [-0.39, 0.29) is 17.5 Å². The van der Waals surface area contributed by atoms with Crippen molar-refractivity contribution in [2.75, 3.05) is 18.0 Å². The lowest BCUT2D eigenvalue weighted by Crippen LogP contribution is -2.52. The van der Waals surface area contributed by atoms with E-state index >= 15 is 0 Å². The number of halogens is 1. The molecule has 4 nitrogen and oxygen atoms in total. The molecule has 1 aliphatic heterocycles. The molecule has 1 N–H and O–H groups in total. The number of anilines is 1. The highest BCUT2D eigenvalue weighted by Crippen LogP contribution is 2.27. The van der Waals surface area contributed by atoms with E-state index in [9.17, 15) is 4.39 Å². The van der Waals surface area contributed by atoms with Crippen LogP contribution in [0.25, 0.3) is 0 Å². The Labute approximate surface area is 126 Å². The third-order valence-electron chi connectivity index (χ3n) is 3.48. The number of hydrogen-bond donors (Lipinski definition) is 1. The summed E-state index contributed by atoms with van der Waals surface area (Å²) in [6.07, 6.45) is 1.42. The van der Waals surface area contributed by atoms with Crippen LogP contribution in [0.3, 0.4) is 0 Å². The number of hydrogen-bond acceptors (Lipinski definition) is 4. The van der Waals surface area contributed by atoms with Gasteiger partial charge in [0, 0.05) is 31.2 Å². The summed E-state index contributed by atoms with van der Waals surface area (Å²) in [5.41, 5.74) is 0.671. The highest BCUT2D eigenvalue weighted by molar-refractivity contribution is 5.48. The first-order valence-electron chi connectivity index (χ1n) is 7.57. The molecular formula is C16H26FN3O. The van der Waals surface area contributed by atoms with E-state index in [1.54, 1.807) is 6.07 Å². The van der Waals surface area contributed by atoms with Crippen molar-refractivity contribution in [1.29, 1.82) is 0 Å². The normalized spacial score (nSPS) is 21.9. The predicted molar refractivity (Wildman–Crippen MR) is 83.0 cm³/mol. The summed E-state index contributed by atoms with van der Waals surface area (Å²) in [6, 6.07) is 1.92. The van der Waals surface area contributed by atoms with Gasteiger partial charge in [0.05, 0.1) is 17.9 Å². The maximum atomic E-state index is 13.5. The van der Waals surface area contributed by atoms with Gasteiger partial charge in [-0.15, -0.1) is 0 Å². The van der Waals surface area contributed by atoms with E-state index in [2.05, 4.69) is 49.8 Å². The van der Waals surface area contributed by atoms with Crippen LogP contribution in [0.5, 0.6) is 0 Å². The van der Waals surface area contributed by atoms with E-state index < -0.39 is 0 Å². The number of nitrogens with one attached hydrogen (secondary N) is 1. The number of aromatic nitrogens is 1. The quantitative estimate of drug-likeness (QED) is 0.927. The first-order chi connectivity index (χ1) is 9.77. The topological polar surface area (TPSA) is 37.4 Å². The van der Waals surface area contributed by atoms with Crippen molar-refractivity contribution in [3.63, 3.8) is 0 Å². The zero-order valence-electron chi connectivity index (χ0n) is 13.6. The van der Waals surface area contributed by atoms with Crippen molar-refractivity contribution in [2.45, 2.75) is 58.9 Å². The van der Waals surface area contributed by atoms with Gasteiger partial charge in [0.15, 0.2) is 0 Å². The molecule has 21 heavy (non-hydrogen) atoms. The van der Waals surface area contributed by atoms with Crippen LogP contribution in [0.15, 0.2) is 12.3 Å². The molecule has 1 aliphatic rings. The molecule has 1 saturated heterocycles. The maximum absolute atomic E-state index is 13.5. The fraction of sp³-hybridized carbons (Fsp3) is 0.688. The largest absolute Gasteiger partial charge is 0.369 e. The zero-order chi connectivity index (χ0) is 15.6. The summed E-state index contributed by atoms with van der Waals surface area (Å²) in [7, 11) is 0. The Morgan fingerprint density at radius 3 is 2.86 bits per heavy atom. The maximum Gasteiger partial charge on any atom is 0.141 e. The first kappa shape index (κ1) is 16.2. The van der Waals surface area contributed by atoms with Crippen molar-refractivity contribution >= 4 is 5.82 Å². The number of morpholine rings is 1. The van der Waals surface area contributed by atoms with Crippen LogP contribution < -0.4 is 10.2 Å². The monoisotopic (exact) mass is 295 g/mol. The third-order valence-corrected chi connectivity index (χ3v) is 3.48. The lowest BCUT2D eigenvalue weighted by atomic mass is 10.0. The summed E-state index contributed by atoms with van der Waals surface area (Å²) in [4.78, 5) is 6.53. The van der Waals surface area contributed by atoms with Crippen LogP contribution >= 0.6 is 0 Å². The van der Waals surface area contributed by atoms with Gasteiger partial charge in [0.25, 0.3) is 0 Å². The molecule has 1 unspecified atom stereocenters. The fourth-order valence-electron chi connectivity index (χ4n) is 2.82. The van der Waals surface area contributed by atoms with Crippen LogP contribution in [0.4, 0.5) is 10.2 Å². The lowest BCUT2D eigenvalue weighted by molar-refractivity contribution is -0.0752. The molecular weight excluding hydrogens is 269 g/mol. The summed E-state index contributed by atoms with van der Waals surface area (Å²) < 4.78 is 19.5. The van der Waals surface area contributed by atoms with Crippen LogP contribution in [0, 0.1) is 5.82 Å². The smallest absolute Gasteiger partial charge is 0.141 e. The molecule has 2 rings (SSSR count). The molecule has 0 aromatic carbocycles. The second kappa shape index (κ2) is 6.28. The van der Waals surface area contributed by atoms with E-state index in [4.69, 9.17) is 4.74 Å². The summed E-state index contributed by atoms with van der Waals surface area (Å²) in [6.45, 7) is 12.5. The highest BCUT2D eigenvalue weighted by Gasteiger charge is 2.32. The summed E-state index contributed by atoms with van der Waals surface area (Å²) >= 11 is 0. The van der Waals surface area contributed by atoms with Crippen molar-refractivity contribution < 1.29 is 9.13 Å². The molecule has 118 valence electrons. The van der Waals surface area contributed by atoms with Gasteiger partial charge in [0.1, 0.15) is 11.6 Å². The van der Waals surface area contributed by atoms with E-state index in [0.717, 1.165) is 24.5 Å². The molecule has 1 aromatic heterocycles. The van der Waals surface area contributed by atoms with Gasteiger partial charge >= 0.3 is 0 Å². The highest BCUT2D eigenvalue weighted by atomic mass is 19.1. The van der Waals surface area contributed by atoms with Crippen LogP contribution in [0.1, 0.15) is 40.2 Å². The molecule has 1 atom stereocenters. The second-order valence-electron chi connectivity index (χ2n) is 6.74. The molecule has 0 amide bonds. The molecule has 2 heterocycles. The Kier molecular flexibility index (Phi) is 4.84. The van der Waals surface area contributed by atoms with Gasteiger partial charge in [-0.2, -0.15) is 0 Å². The standard InChI is InChI=1S/C16H26FN3O/c1-11(2)18-7-13-6-14(17)8-19-15(13)20-9-12(3)21-16(4,5)10-20/h6,8,11-12,18H,7,9-10H2,1-5H3. The predicted octanol–water partition coefficient (Wildman–Crippen LogP) is 2.72. The Bertz CT molecular complexity index is 490. The third kappa shape index (κ3) is 4.38.